The molecule has 0 spiro atoms. The van der Waals surface area contributed by atoms with Gasteiger partial charge < -0.3 is 5.32 Å². The number of aryl methyl sites for hydroxylation is 2. The molecule has 1 aliphatic rings. The third-order valence-corrected chi connectivity index (χ3v) is 5.40. The molecule has 5 nitrogen and oxygen atoms in total. The van der Waals surface area contributed by atoms with Gasteiger partial charge in [0, 0.05) is 25.1 Å². The van der Waals surface area contributed by atoms with Gasteiger partial charge in [-0.2, -0.15) is 0 Å². The van der Waals surface area contributed by atoms with Crippen LogP contribution in [-0.2, 0) is 19.5 Å². The van der Waals surface area contributed by atoms with Gasteiger partial charge in [0.05, 0.1) is 10.9 Å². The lowest BCUT2D eigenvalue weighted by Crippen LogP contribution is -2.27. The number of hydrogen-bond donors (Lipinski definition) is 1. The Morgan fingerprint density at radius 2 is 1.86 bits per heavy atom. The lowest BCUT2D eigenvalue weighted by molar-refractivity contribution is 0.0951. The van der Waals surface area contributed by atoms with E-state index < -0.39 is 0 Å². The monoisotopic (exact) mass is 375 g/mol. The molecule has 1 aliphatic heterocycles. The Morgan fingerprint density at radius 1 is 1.07 bits per heavy atom. The third kappa shape index (κ3) is 3.84. The Morgan fingerprint density at radius 3 is 2.68 bits per heavy atom. The molecule has 0 saturated carbocycles. The number of carbonyl (C=O) groups is 1. The van der Waals surface area contributed by atoms with Gasteiger partial charge in [0.2, 0.25) is 0 Å². The van der Waals surface area contributed by atoms with E-state index in [-0.39, 0.29) is 11.5 Å². The van der Waals surface area contributed by atoms with Crippen molar-refractivity contribution in [2.24, 2.45) is 0 Å². The zero-order valence-electron chi connectivity index (χ0n) is 16.2. The van der Waals surface area contributed by atoms with Gasteiger partial charge in [0.1, 0.15) is 5.82 Å². The molecule has 2 heterocycles. The minimum absolute atomic E-state index is 0.00788. The maximum absolute atomic E-state index is 12.9. The molecule has 28 heavy (non-hydrogen) atoms. The van der Waals surface area contributed by atoms with Crippen LogP contribution in [0.1, 0.15) is 53.0 Å². The summed E-state index contributed by atoms with van der Waals surface area (Å²) in [5, 5.41) is 3.53. The quantitative estimate of drug-likeness (QED) is 0.758. The Hall–Kier alpha value is -2.95. The Kier molecular flexibility index (Phi) is 5.24. The highest BCUT2D eigenvalue weighted by Gasteiger charge is 2.14. The fourth-order valence-corrected chi connectivity index (χ4v) is 3.73. The highest BCUT2D eigenvalue weighted by molar-refractivity contribution is 5.97. The second-order valence-corrected chi connectivity index (χ2v) is 7.55. The predicted molar refractivity (Wildman–Crippen MR) is 111 cm³/mol. The van der Waals surface area contributed by atoms with E-state index in [1.54, 1.807) is 18.2 Å². The summed E-state index contributed by atoms with van der Waals surface area (Å²) < 4.78 is 1.82. The van der Waals surface area contributed by atoms with Crippen molar-refractivity contribution in [2.45, 2.75) is 52.1 Å². The van der Waals surface area contributed by atoms with Crippen molar-refractivity contribution in [3.05, 3.63) is 75.3 Å². The lowest BCUT2D eigenvalue weighted by atomic mass is 10.1. The van der Waals surface area contributed by atoms with Crippen molar-refractivity contribution in [1.82, 2.24) is 14.9 Å². The maximum Gasteiger partial charge on any atom is 0.261 e. The summed E-state index contributed by atoms with van der Waals surface area (Å²) in [6.07, 6.45) is 5.21. The molecule has 2 aromatic carbocycles. The van der Waals surface area contributed by atoms with Crippen LogP contribution < -0.4 is 10.9 Å². The first-order chi connectivity index (χ1) is 13.6. The SMILES string of the molecule is Cc1ccc(CNC(=O)c2ccc3c(=O)n4c(nc3c2)CCCCCC4)cc1. The van der Waals surface area contributed by atoms with Crippen LogP contribution in [0.4, 0.5) is 0 Å². The highest BCUT2D eigenvalue weighted by Crippen LogP contribution is 2.16. The number of hydrogen-bond acceptors (Lipinski definition) is 3. The van der Waals surface area contributed by atoms with Crippen molar-refractivity contribution in [3.8, 4) is 0 Å². The van der Waals surface area contributed by atoms with Crippen LogP contribution in [0.15, 0.2) is 47.3 Å². The van der Waals surface area contributed by atoms with Crippen LogP contribution in [0.5, 0.6) is 0 Å². The molecule has 0 unspecified atom stereocenters. The summed E-state index contributed by atoms with van der Waals surface area (Å²) in [5.74, 6) is 0.686. The third-order valence-electron chi connectivity index (χ3n) is 5.40. The van der Waals surface area contributed by atoms with E-state index in [0.29, 0.717) is 23.0 Å². The molecule has 1 amide bonds. The number of nitrogens with one attached hydrogen (secondary N) is 1. The van der Waals surface area contributed by atoms with Crippen LogP contribution in [-0.4, -0.2) is 15.5 Å². The van der Waals surface area contributed by atoms with Crippen LogP contribution in [0.3, 0.4) is 0 Å². The number of rotatable bonds is 3. The molecule has 1 aromatic heterocycles. The zero-order valence-corrected chi connectivity index (χ0v) is 16.2. The molecule has 3 aromatic rings. The summed E-state index contributed by atoms with van der Waals surface area (Å²) in [5.41, 5.74) is 3.39. The fraction of sp³-hybridized carbons (Fsp3) is 0.348. The summed E-state index contributed by atoms with van der Waals surface area (Å²) in [4.78, 5) is 30.2. The number of benzene rings is 2. The van der Waals surface area contributed by atoms with E-state index in [0.717, 1.165) is 43.6 Å². The largest absolute Gasteiger partial charge is 0.348 e. The second kappa shape index (κ2) is 7.97. The maximum atomic E-state index is 12.9. The summed E-state index contributed by atoms with van der Waals surface area (Å²) in [6.45, 7) is 3.24. The molecule has 0 radical (unpaired) electrons. The second-order valence-electron chi connectivity index (χ2n) is 7.55. The van der Waals surface area contributed by atoms with E-state index in [1.165, 1.54) is 12.0 Å². The van der Waals surface area contributed by atoms with Gasteiger partial charge in [0.15, 0.2) is 0 Å². The number of nitrogens with zero attached hydrogens (tertiary/aromatic N) is 2. The van der Waals surface area contributed by atoms with E-state index in [1.807, 2.05) is 35.8 Å². The molecule has 1 N–H and O–H groups in total. The first-order valence-corrected chi connectivity index (χ1v) is 9.99. The average Bonchev–Trinajstić information content (AvgIpc) is 2.68. The first kappa shape index (κ1) is 18.4. The van der Waals surface area contributed by atoms with Gasteiger partial charge in [-0.3, -0.25) is 14.2 Å². The van der Waals surface area contributed by atoms with Crippen molar-refractivity contribution in [1.29, 1.82) is 0 Å². The van der Waals surface area contributed by atoms with E-state index >= 15 is 0 Å². The van der Waals surface area contributed by atoms with E-state index in [2.05, 4.69) is 5.32 Å². The van der Waals surface area contributed by atoms with Gasteiger partial charge >= 0.3 is 0 Å². The fourth-order valence-electron chi connectivity index (χ4n) is 3.73. The molecule has 0 atom stereocenters. The van der Waals surface area contributed by atoms with E-state index in [9.17, 15) is 9.59 Å². The summed E-state index contributed by atoms with van der Waals surface area (Å²) in [6, 6.07) is 13.3. The lowest BCUT2D eigenvalue weighted by Gasteiger charge is -2.16. The van der Waals surface area contributed by atoms with E-state index in [4.69, 9.17) is 4.98 Å². The van der Waals surface area contributed by atoms with Gasteiger partial charge in [0.25, 0.3) is 11.5 Å². The van der Waals surface area contributed by atoms with Gasteiger partial charge in [-0.15, -0.1) is 0 Å². The first-order valence-electron chi connectivity index (χ1n) is 9.99. The molecule has 0 saturated heterocycles. The van der Waals surface area contributed by atoms with Crippen molar-refractivity contribution in [2.75, 3.05) is 0 Å². The van der Waals surface area contributed by atoms with Crippen molar-refractivity contribution < 1.29 is 4.79 Å². The van der Waals surface area contributed by atoms with Crippen LogP contribution >= 0.6 is 0 Å². The molecule has 0 bridgehead atoms. The van der Waals surface area contributed by atoms with Crippen molar-refractivity contribution >= 4 is 16.8 Å². The highest BCUT2D eigenvalue weighted by atomic mass is 16.1. The molecule has 0 fully saturated rings. The summed E-state index contributed by atoms with van der Waals surface area (Å²) in [7, 11) is 0. The van der Waals surface area contributed by atoms with Crippen LogP contribution in [0.2, 0.25) is 0 Å². The molecular weight excluding hydrogens is 350 g/mol. The van der Waals surface area contributed by atoms with Gasteiger partial charge in [-0.25, -0.2) is 4.98 Å². The minimum Gasteiger partial charge on any atom is -0.348 e. The van der Waals surface area contributed by atoms with Gasteiger partial charge in [-0.1, -0.05) is 42.7 Å². The van der Waals surface area contributed by atoms with Crippen molar-refractivity contribution in [3.63, 3.8) is 0 Å². The zero-order chi connectivity index (χ0) is 19.5. The Labute approximate surface area is 164 Å². The minimum atomic E-state index is -0.156. The van der Waals surface area contributed by atoms with Crippen LogP contribution in [0, 0.1) is 6.92 Å². The Balaban J connectivity index is 1.59. The molecule has 0 aliphatic carbocycles. The number of fused-ring (bicyclic) bond motifs is 2. The molecular formula is C23H25N3O2. The molecule has 4 rings (SSSR count). The number of carbonyl (C=O) groups excluding carboxylic acids is 1. The smallest absolute Gasteiger partial charge is 0.261 e. The van der Waals surface area contributed by atoms with Crippen LogP contribution in [0.25, 0.3) is 10.9 Å². The number of aromatic nitrogens is 2. The Bertz CT molecular complexity index is 1070. The normalized spacial score (nSPS) is 14.2. The van der Waals surface area contributed by atoms with Gasteiger partial charge in [-0.05, 0) is 43.5 Å². The molecule has 144 valence electrons. The summed E-state index contributed by atoms with van der Waals surface area (Å²) >= 11 is 0. The topological polar surface area (TPSA) is 64.0 Å². The average molecular weight is 375 g/mol. The molecule has 5 heteroatoms. The predicted octanol–water partition coefficient (Wildman–Crippen LogP) is 3.75. The standard InChI is InChI=1S/C23H25N3O2/c1-16-7-9-17(10-8-16)15-24-22(27)18-11-12-19-20(14-18)25-21-6-4-2-3-5-13-26(21)23(19)28/h7-12,14H,2-6,13,15H2,1H3,(H,24,27). The number of amides is 1.